The van der Waals surface area contributed by atoms with Gasteiger partial charge >= 0.3 is 0 Å². The van der Waals surface area contributed by atoms with E-state index in [4.69, 9.17) is 0 Å². The molecule has 0 saturated carbocycles. The molecule has 0 spiro atoms. The molecular weight excluding hydrogens is 286 g/mol. The van der Waals surface area contributed by atoms with Gasteiger partial charge in [0, 0.05) is 38.6 Å². The van der Waals surface area contributed by atoms with Crippen molar-refractivity contribution >= 4 is 11.3 Å². The van der Waals surface area contributed by atoms with Gasteiger partial charge in [-0.15, -0.1) is 0 Å². The molecule has 1 aromatic carbocycles. The van der Waals surface area contributed by atoms with Crippen molar-refractivity contribution in [2.24, 2.45) is 0 Å². The average molecular weight is 307 g/mol. The Labute approximate surface area is 136 Å². The summed E-state index contributed by atoms with van der Waals surface area (Å²) in [6.07, 6.45) is 4.82. The van der Waals surface area contributed by atoms with Crippen molar-refractivity contribution in [3.05, 3.63) is 59.5 Å². The summed E-state index contributed by atoms with van der Waals surface area (Å²) in [7, 11) is 0. The smallest absolute Gasteiger partial charge is 0.152 e. The third-order valence-electron chi connectivity index (χ3n) is 4.44. The van der Waals surface area contributed by atoms with Crippen LogP contribution in [0, 0.1) is 6.92 Å². The first kappa shape index (κ1) is 14.2. The predicted molar refractivity (Wildman–Crippen MR) is 91.6 cm³/mol. The lowest BCUT2D eigenvalue weighted by molar-refractivity contribution is 0.264. The first-order valence-corrected chi connectivity index (χ1v) is 8.13. The van der Waals surface area contributed by atoms with Crippen molar-refractivity contribution in [2.45, 2.75) is 19.9 Å². The van der Waals surface area contributed by atoms with Crippen molar-refractivity contribution in [3.8, 4) is 0 Å². The molecule has 3 heterocycles. The molecule has 0 unspecified atom stereocenters. The largest absolute Gasteiger partial charge is 0.367 e. The minimum atomic E-state index is 0.888. The van der Waals surface area contributed by atoms with Crippen LogP contribution in [0.4, 0.5) is 5.82 Å². The second-order valence-electron chi connectivity index (χ2n) is 6.11. The van der Waals surface area contributed by atoms with Crippen LogP contribution >= 0.6 is 0 Å². The van der Waals surface area contributed by atoms with Crippen LogP contribution in [-0.2, 0) is 13.0 Å². The fraction of sp³-hybridized carbons (Fsp3) is 0.333. The minimum Gasteiger partial charge on any atom is -0.367 e. The van der Waals surface area contributed by atoms with Crippen molar-refractivity contribution in [1.82, 2.24) is 19.5 Å². The molecular formula is C18H21N5. The van der Waals surface area contributed by atoms with Gasteiger partial charge in [0.2, 0.25) is 0 Å². The molecule has 1 N–H and O–H groups in total. The Morgan fingerprint density at radius 3 is 3.00 bits per heavy atom. The summed E-state index contributed by atoms with van der Waals surface area (Å²) in [5.74, 6) is 0.908. The molecule has 0 bridgehead atoms. The van der Waals surface area contributed by atoms with E-state index in [2.05, 4.69) is 50.6 Å². The van der Waals surface area contributed by atoms with E-state index < -0.39 is 0 Å². The summed E-state index contributed by atoms with van der Waals surface area (Å²) in [6.45, 7) is 6.08. The number of aromatic nitrogens is 3. The monoisotopic (exact) mass is 307 g/mol. The average Bonchev–Trinajstić information content (AvgIpc) is 2.96. The minimum absolute atomic E-state index is 0.888. The molecule has 5 nitrogen and oxygen atoms in total. The SMILES string of the molecule is Cc1cc2c(NCCN3CCc4ccccc4C3)nccn2n1. The van der Waals surface area contributed by atoms with Crippen LogP contribution in [-0.4, -0.2) is 39.1 Å². The van der Waals surface area contributed by atoms with Gasteiger partial charge in [0.1, 0.15) is 5.52 Å². The first-order valence-electron chi connectivity index (χ1n) is 8.13. The van der Waals surface area contributed by atoms with Crippen LogP contribution in [0.25, 0.3) is 5.52 Å². The van der Waals surface area contributed by atoms with Crippen molar-refractivity contribution in [3.63, 3.8) is 0 Å². The number of benzene rings is 1. The van der Waals surface area contributed by atoms with Gasteiger partial charge < -0.3 is 5.32 Å². The normalized spacial score (nSPS) is 14.8. The third-order valence-corrected chi connectivity index (χ3v) is 4.44. The number of fused-ring (bicyclic) bond motifs is 2. The maximum absolute atomic E-state index is 4.45. The zero-order valence-corrected chi connectivity index (χ0v) is 13.4. The van der Waals surface area contributed by atoms with E-state index in [1.807, 2.05) is 17.6 Å². The molecule has 2 aromatic heterocycles. The molecule has 23 heavy (non-hydrogen) atoms. The highest BCUT2D eigenvalue weighted by atomic mass is 15.2. The quantitative estimate of drug-likeness (QED) is 0.804. The first-order chi connectivity index (χ1) is 11.3. The van der Waals surface area contributed by atoms with Gasteiger partial charge in [-0.05, 0) is 30.5 Å². The fourth-order valence-electron chi connectivity index (χ4n) is 3.26. The Balaban J connectivity index is 1.39. The van der Waals surface area contributed by atoms with Gasteiger partial charge in [-0.3, -0.25) is 4.90 Å². The second kappa shape index (κ2) is 6.01. The van der Waals surface area contributed by atoms with E-state index in [1.165, 1.54) is 11.1 Å². The molecule has 1 aliphatic rings. The lowest BCUT2D eigenvalue weighted by Gasteiger charge is -2.28. The van der Waals surface area contributed by atoms with Gasteiger partial charge in [0.25, 0.3) is 0 Å². The van der Waals surface area contributed by atoms with Gasteiger partial charge in [0.15, 0.2) is 5.82 Å². The summed E-state index contributed by atoms with van der Waals surface area (Å²) >= 11 is 0. The van der Waals surface area contributed by atoms with E-state index >= 15 is 0 Å². The van der Waals surface area contributed by atoms with Crippen LogP contribution in [0.3, 0.4) is 0 Å². The Kier molecular flexibility index (Phi) is 3.71. The molecule has 0 amide bonds. The van der Waals surface area contributed by atoms with E-state index in [-0.39, 0.29) is 0 Å². The van der Waals surface area contributed by atoms with Crippen LogP contribution in [0.2, 0.25) is 0 Å². The van der Waals surface area contributed by atoms with Gasteiger partial charge in [0.05, 0.1) is 5.69 Å². The van der Waals surface area contributed by atoms with E-state index in [0.717, 1.165) is 49.6 Å². The number of rotatable bonds is 4. The van der Waals surface area contributed by atoms with Crippen molar-refractivity contribution in [2.75, 3.05) is 25.0 Å². The molecule has 4 rings (SSSR count). The topological polar surface area (TPSA) is 45.5 Å². The fourth-order valence-corrected chi connectivity index (χ4v) is 3.26. The number of hydrogen-bond acceptors (Lipinski definition) is 4. The van der Waals surface area contributed by atoms with Crippen LogP contribution in [0.15, 0.2) is 42.7 Å². The summed E-state index contributed by atoms with van der Waals surface area (Å²) in [5.41, 5.74) is 5.01. The number of nitrogens with zero attached hydrogens (tertiary/aromatic N) is 4. The zero-order chi connectivity index (χ0) is 15.6. The molecule has 0 aliphatic carbocycles. The van der Waals surface area contributed by atoms with E-state index in [9.17, 15) is 0 Å². The lowest BCUT2D eigenvalue weighted by atomic mass is 10.00. The zero-order valence-electron chi connectivity index (χ0n) is 13.4. The Morgan fingerprint density at radius 2 is 2.09 bits per heavy atom. The Morgan fingerprint density at radius 1 is 1.22 bits per heavy atom. The molecule has 5 heteroatoms. The van der Waals surface area contributed by atoms with Crippen LogP contribution in [0.1, 0.15) is 16.8 Å². The maximum atomic E-state index is 4.45. The highest BCUT2D eigenvalue weighted by Gasteiger charge is 2.15. The number of nitrogens with one attached hydrogen (secondary N) is 1. The Hall–Kier alpha value is -2.40. The molecule has 3 aromatic rings. The van der Waals surface area contributed by atoms with Gasteiger partial charge in [-0.1, -0.05) is 24.3 Å². The van der Waals surface area contributed by atoms with Gasteiger partial charge in [-0.2, -0.15) is 5.10 Å². The standard InChI is InChI=1S/C18H21N5/c1-14-12-17-18(20-8-11-23(17)21-14)19-7-10-22-9-6-15-4-2-3-5-16(15)13-22/h2-5,8,11-12H,6-7,9-10,13H2,1H3,(H,19,20). The summed E-state index contributed by atoms with van der Waals surface area (Å²) in [5, 5.41) is 7.88. The molecule has 118 valence electrons. The van der Waals surface area contributed by atoms with E-state index in [1.54, 1.807) is 6.20 Å². The highest BCUT2D eigenvalue weighted by molar-refractivity contribution is 5.67. The molecule has 0 fully saturated rings. The second-order valence-corrected chi connectivity index (χ2v) is 6.11. The number of hydrogen-bond donors (Lipinski definition) is 1. The maximum Gasteiger partial charge on any atom is 0.152 e. The molecule has 0 saturated heterocycles. The Bertz CT molecular complexity index is 823. The molecule has 0 atom stereocenters. The van der Waals surface area contributed by atoms with E-state index in [0.29, 0.717) is 0 Å². The summed E-state index contributed by atoms with van der Waals surface area (Å²) in [4.78, 5) is 6.95. The molecule has 1 aliphatic heterocycles. The third kappa shape index (κ3) is 2.92. The molecule has 0 radical (unpaired) electrons. The van der Waals surface area contributed by atoms with Crippen molar-refractivity contribution in [1.29, 1.82) is 0 Å². The van der Waals surface area contributed by atoms with Gasteiger partial charge in [-0.25, -0.2) is 9.50 Å². The number of anilines is 1. The van der Waals surface area contributed by atoms with Crippen LogP contribution in [0.5, 0.6) is 0 Å². The summed E-state index contributed by atoms with van der Waals surface area (Å²) < 4.78 is 1.88. The lowest BCUT2D eigenvalue weighted by Crippen LogP contribution is -2.34. The predicted octanol–water partition coefficient (Wildman–Crippen LogP) is 2.51. The summed E-state index contributed by atoms with van der Waals surface area (Å²) in [6, 6.07) is 10.8. The highest BCUT2D eigenvalue weighted by Crippen LogP contribution is 2.18. The van der Waals surface area contributed by atoms with Crippen molar-refractivity contribution < 1.29 is 0 Å². The number of aryl methyl sites for hydroxylation is 1. The van der Waals surface area contributed by atoms with Crippen LogP contribution < -0.4 is 5.32 Å².